The van der Waals surface area contributed by atoms with E-state index in [-0.39, 0.29) is 0 Å². The van der Waals surface area contributed by atoms with Gasteiger partial charge in [-0.3, -0.25) is 4.79 Å². The highest BCUT2D eigenvalue weighted by Gasteiger charge is 2.16. The average molecular weight is 292 g/mol. The summed E-state index contributed by atoms with van der Waals surface area (Å²) < 4.78 is 22.7. The van der Waals surface area contributed by atoms with Gasteiger partial charge >= 0.3 is 0 Å². The predicted octanol–water partition coefficient (Wildman–Crippen LogP) is 0.994. The molecule has 0 aliphatic heterocycles. The number of nitrogens with one attached hydrogen (secondary N) is 1. The molecule has 0 atom stereocenters. The van der Waals surface area contributed by atoms with Crippen LogP contribution < -0.4 is 5.32 Å². The number of halogens is 1. The highest BCUT2D eigenvalue weighted by atomic mass is 35.5. The molecule has 0 saturated heterocycles. The van der Waals surface area contributed by atoms with Crippen LogP contribution in [-0.2, 0) is 14.6 Å². The molecule has 5 nitrogen and oxygen atoms in total. The summed E-state index contributed by atoms with van der Waals surface area (Å²) in [6.45, 7) is 1.28. The zero-order valence-electron chi connectivity index (χ0n) is 9.81. The lowest BCUT2D eigenvalue weighted by atomic mass is 10.2. The zero-order valence-corrected chi connectivity index (χ0v) is 11.4. The number of amides is 1. The number of hydrogen-bond donors (Lipinski definition) is 2. The molecule has 0 fully saturated rings. The second kappa shape index (κ2) is 6.17. The summed E-state index contributed by atoms with van der Waals surface area (Å²) in [5.41, 5.74) is 1.26. The molecule has 0 aliphatic rings. The number of hydrogen-bond acceptors (Lipinski definition) is 4. The number of benzene rings is 1. The Balaban J connectivity index is 2.74. The van der Waals surface area contributed by atoms with Gasteiger partial charge in [-0.05, 0) is 24.6 Å². The van der Waals surface area contributed by atoms with Crippen LogP contribution in [0.15, 0.2) is 18.2 Å². The van der Waals surface area contributed by atoms with Crippen LogP contribution in [0.5, 0.6) is 0 Å². The van der Waals surface area contributed by atoms with Crippen molar-refractivity contribution in [3.63, 3.8) is 0 Å². The van der Waals surface area contributed by atoms with Crippen molar-refractivity contribution in [2.45, 2.75) is 6.92 Å². The molecule has 0 saturated carbocycles. The number of sulfone groups is 1. The Bertz CT molecular complexity index is 542. The zero-order chi connectivity index (χ0) is 13.8. The van der Waals surface area contributed by atoms with Crippen molar-refractivity contribution in [1.82, 2.24) is 0 Å². The molecule has 100 valence electrons. The van der Waals surface area contributed by atoms with Gasteiger partial charge in [-0.2, -0.15) is 0 Å². The third-order valence-corrected chi connectivity index (χ3v) is 3.97. The van der Waals surface area contributed by atoms with Gasteiger partial charge in [-0.1, -0.05) is 17.7 Å². The van der Waals surface area contributed by atoms with Gasteiger partial charge in [0.1, 0.15) is 5.75 Å². The minimum absolute atomic E-state index is 0.422. The molecule has 0 aliphatic carbocycles. The molecular formula is C11H14ClNO4S. The molecule has 1 rings (SSSR count). The number of carbonyl (C=O) groups is 1. The van der Waals surface area contributed by atoms with Crippen LogP contribution in [0.25, 0.3) is 0 Å². The second-order valence-corrected chi connectivity index (χ2v) is 6.44. The molecule has 1 aromatic carbocycles. The van der Waals surface area contributed by atoms with E-state index in [0.29, 0.717) is 10.7 Å². The van der Waals surface area contributed by atoms with E-state index in [9.17, 15) is 13.2 Å². The molecule has 0 bridgehead atoms. The van der Waals surface area contributed by atoms with Gasteiger partial charge in [0.15, 0.2) is 9.84 Å². The lowest BCUT2D eigenvalue weighted by Gasteiger charge is -2.08. The first-order valence-electron chi connectivity index (χ1n) is 5.21. The Kier molecular flexibility index (Phi) is 5.13. The summed E-state index contributed by atoms with van der Waals surface area (Å²) in [4.78, 5) is 11.6. The maximum atomic E-state index is 11.6. The number of anilines is 1. The Morgan fingerprint density at radius 2 is 2.11 bits per heavy atom. The molecule has 7 heteroatoms. The Hall–Kier alpha value is -1.11. The Labute approximate surface area is 111 Å². The predicted molar refractivity (Wildman–Crippen MR) is 70.6 cm³/mol. The fraction of sp³-hybridized carbons (Fsp3) is 0.364. The fourth-order valence-electron chi connectivity index (χ4n) is 1.33. The van der Waals surface area contributed by atoms with E-state index in [1.807, 2.05) is 0 Å². The van der Waals surface area contributed by atoms with Gasteiger partial charge in [-0.15, -0.1) is 0 Å². The van der Waals surface area contributed by atoms with E-state index in [4.69, 9.17) is 16.7 Å². The van der Waals surface area contributed by atoms with Crippen molar-refractivity contribution in [2.75, 3.05) is 23.4 Å². The molecule has 0 unspecified atom stereocenters. The van der Waals surface area contributed by atoms with Crippen LogP contribution in [0.2, 0.25) is 5.02 Å². The summed E-state index contributed by atoms with van der Waals surface area (Å²) in [6, 6.07) is 4.95. The van der Waals surface area contributed by atoms with Gasteiger partial charge < -0.3 is 10.4 Å². The Morgan fingerprint density at radius 3 is 2.72 bits per heavy atom. The van der Waals surface area contributed by atoms with E-state index in [1.165, 1.54) is 0 Å². The van der Waals surface area contributed by atoms with Gasteiger partial charge in [0.25, 0.3) is 0 Å². The first-order chi connectivity index (χ1) is 8.34. The summed E-state index contributed by atoms with van der Waals surface area (Å²) >= 11 is 5.78. The molecule has 0 aromatic heterocycles. The van der Waals surface area contributed by atoms with Gasteiger partial charge in [0.05, 0.1) is 12.4 Å². The van der Waals surface area contributed by atoms with Gasteiger partial charge in [-0.25, -0.2) is 8.42 Å². The first-order valence-corrected chi connectivity index (χ1v) is 7.41. The van der Waals surface area contributed by atoms with Crippen molar-refractivity contribution >= 4 is 33.0 Å². The van der Waals surface area contributed by atoms with Crippen LogP contribution in [0.3, 0.4) is 0 Å². The largest absolute Gasteiger partial charge is 0.395 e. The van der Waals surface area contributed by atoms with Crippen LogP contribution in [0.1, 0.15) is 5.56 Å². The third kappa shape index (κ3) is 4.64. The van der Waals surface area contributed by atoms with E-state index in [1.54, 1.807) is 25.1 Å². The van der Waals surface area contributed by atoms with Crippen LogP contribution >= 0.6 is 11.6 Å². The van der Waals surface area contributed by atoms with Crippen molar-refractivity contribution in [3.05, 3.63) is 28.8 Å². The lowest BCUT2D eigenvalue weighted by molar-refractivity contribution is -0.113. The SMILES string of the molecule is Cc1ccc(Cl)cc1NC(=O)CS(=O)(=O)CCO. The molecule has 1 amide bonds. The van der Waals surface area contributed by atoms with E-state index in [2.05, 4.69) is 5.32 Å². The minimum Gasteiger partial charge on any atom is -0.395 e. The van der Waals surface area contributed by atoms with E-state index in [0.717, 1.165) is 5.56 Å². The minimum atomic E-state index is -3.57. The molecular weight excluding hydrogens is 278 g/mol. The van der Waals surface area contributed by atoms with Crippen molar-refractivity contribution in [2.24, 2.45) is 0 Å². The molecule has 18 heavy (non-hydrogen) atoms. The average Bonchev–Trinajstić information content (AvgIpc) is 2.22. The van der Waals surface area contributed by atoms with Gasteiger partial charge in [0, 0.05) is 10.7 Å². The first kappa shape index (κ1) is 14.9. The molecule has 0 heterocycles. The number of carbonyl (C=O) groups excluding carboxylic acids is 1. The quantitative estimate of drug-likeness (QED) is 0.847. The third-order valence-electron chi connectivity index (χ3n) is 2.23. The number of aliphatic hydroxyl groups excluding tert-OH is 1. The normalized spacial score (nSPS) is 11.3. The Morgan fingerprint density at radius 1 is 1.44 bits per heavy atom. The summed E-state index contributed by atoms with van der Waals surface area (Å²) in [6.07, 6.45) is 0. The highest BCUT2D eigenvalue weighted by Crippen LogP contribution is 2.20. The maximum Gasteiger partial charge on any atom is 0.239 e. The monoisotopic (exact) mass is 291 g/mol. The molecule has 0 radical (unpaired) electrons. The van der Waals surface area contributed by atoms with Crippen LogP contribution in [-0.4, -0.2) is 37.5 Å². The second-order valence-electron chi connectivity index (χ2n) is 3.82. The molecule has 0 spiro atoms. The van der Waals surface area contributed by atoms with Crippen LogP contribution in [0, 0.1) is 6.92 Å². The van der Waals surface area contributed by atoms with E-state index < -0.39 is 33.9 Å². The summed E-state index contributed by atoms with van der Waals surface area (Å²) in [5.74, 6) is -1.72. The summed E-state index contributed by atoms with van der Waals surface area (Å²) in [7, 11) is -3.57. The fourth-order valence-corrected chi connectivity index (χ4v) is 2.39. The maximum absolute atomic E-state index is 11.6. The molecule has 1 aromatic rings. The molecule has 2 N–H and O–H groups in total. The lowest BCUT2D eigenvalue weighted by Crippen LogP contribution is -2.26. The van der Waals surface area contributed by atoms with Gasteiger partial charge in [0.2, 0.25) is 5.91 Å². The van der Waals surface area contributed by atoms with E-state index >= 15 is 0 Å². The van der Waals surface area contributed by atoms with Crippen molar-refractivity contribution < 1.29 is 18.3 Å². The van der Waals surface area contributed by atoms with Crippen LogP contribution in [0.4, 0.5) is 5.69 Å². The number of aryl methyl sites for hydroxylation is 1. The number of aliphatic hydroxyl groups is 1. The summed E-state index contributed by atoms with van der Waals surface area (Å²) in [5, 5.41) is 11.5. The van der Waals surface area contributed by atoms with Crippen molar-refractivity contribution in [1.29, 1.82) is 0 Å². The smallest absolute Gasteiger partial charge is 0.239 e. The highest BCUT2D eigenvalue weighted by molar-refractivity contribution is 7.92. The van der Waals surface area contributed by atoms with Crippen molar-refractivity contribution in [3.8, 4) is 0 Å². The topological polar surface area (TPSA) is 83.5 Å². The number of rotatable bonds is 5. The standard InChI is InChI=1S/C11H14ClNO4S/c1-8-2-3-9(12)6-10(8)13-11(15)7-18(16,17)5-4-14/h2-3,6,14H,4-5,7H2,1H3,(H,13,15).